The van der Waals surface area contributed by atoms with E-state index in [0.29, 0.717) is 5.02 Å². The summed E-state index contributed by atoms with van der Waals surface area (Å²) in [5.74, 6) is -0.253. The van der Waals surface area contributed by atoms with Crippen LogP contribution in [-0.4, -0.2) is 13.1 Å². The highest BCUT2D eigenvalue weighted by Crippen LogP contribution is 2.30. The van der Waals surface area contributed by atoms with Crippen molar-refractivity contribution in [2.45, 2.75) is 19.4 Å². The number of hydrogen-bond acceptors (Lipinski definition) is 2. The van der Waals surface area contributed by atoms with Crippen molar-refractivity contribution in [3.63, 3.8) is 0 Å². The second-order valence-electron chi connectivity index (χ2n) is 4.99. The van der Waals surface area contributed by atoms with Crippen LogP contribution in [0, 0.1) is 5.82 Å². The van der Waals surface area contributed by atoms with Gasteiger partial charge in [0, 0.05) is 29.5 Å². The monoisotopic (exact) mass is 292 g/mol. The van der Waals surface area contributed by atoms with Crippen LogP contribution in [0.15, 0.2) is 42.5 Å². The maximum absolute atomic E-state index is 13.4. The van der Waals surface area contributed by atoms with Gasteiger partial charge in [-0.05, 0) is 55.3 Å². The van der Waals surface area contributed by atoms with Gasteiger partial charge in [-0.3, -0.25) is 0 Å². The van der Waals surface area contributed by atoms with Crippen molar-refractivity contribution < 1.29 is 4.39 Å². The molecular formula is C16H18ClFN2. The Bertz CT molecular complexity index is 599. The lowest BCUT2D eigenvalue weighted by Crippen LogP contribution is -2.20. The van der Waals surface area contributed by atoms with E-state index in [4.69, 9.17) is 17.3 Å². The second kappa shape index (κ2) is 6.25. The van der Waals surface area contributed by atoms with Gasteiger partial charge in [-0.15, -0.1) is 0 Å². The van der Waals surface area contributed by atoms with Crippen LogP contribution in [0.3, 0.4) is 0 Å². The lowest BCUT2D eigenvalue weighted by molar-refractivity contribution is 0.628. The number of halogens is 2. The Labute approximate surface area is 124 Å². The molecular weight excluding hydrogens is 275 g/mol. The first kappa shape index (κ1) is 14.8. The summed E-state index contributed by atoms with van der Waals surface area (Å²) in [6.07, 6.45) is 0.718. The summed E-state index contributed by atoms with van der Waals surface area (Å²) in [7, 11) is 1.91. The van der Waals surface area contributed by atoms with Crippen molar-refractivity contribution in [1.82, 2.24) is 0 Å². The second-order valence-corrected chi connectivity index (χ2v) is 5.43. The smallest absolute Gasteiger partial charge is 0.125 e. The molecule has 2 rings (SSSR count). The molecule has 1 unspecified atom stereocenters. The first-order valence-corrected chi connectivity index (χ1v) is 6.88. The van der Waals surface area contributed by atoms with Gasteiger partial charge in [0.2, 0.25) is 0 Å². The van der Waals surface area contributed by atoms with Crippen LogP contribution in [0.4, 0.5) is 15.8 Å². The first-order valence-electron chi connectivity index (χ1n) is 6.50. The predicted octanol–water partition coefficient (Wildman–Crippen LogP) is 4.14. The van der Waals surface area contributed by atoms with E-state index in [1.165, 1.54) is 12.1 Å². The Morgan fingerprint density at radius 2 is 2.00 bits per heavy atom. The zero-order chi connectivity index (χ0) is 14.7. The molecule has 0 radical (unpaired) electrons. The normalized spacial score (nSPS) is 12.2. The number of benzene rings is 2. The summed E-state index contributed by atoms with van der Waals surface area (Å²) in [6, 6.07) is 12.2. The van der Waals surface area contributed by atoms with E-state index in [9.17, 15) is 4.39 Å². The Kier molecular flexibility index (Phi) is 4.63. The topological polar surface area (TPSA) is 29.3 Å². The highest BCUT2D eigenvalue weighted by Gasteiger charge is 2.12. The van der Waals surface area contributed by atoms with Gasteiger partial charge in [-0.1, -0.05) is 17.7 Å². The molecule has 0 spiro atoms. The lowest BCUT2D eigenvalue weighted by atomic mass is 10.0. The molecule has 0 aliphatic carbocycles. The van der Waals surface area contributed by atoms with Crippen LogP contribution in [-0.2, 0) is 6.42 Å². The number of nitrogens with two attached hydrogens (primary N) is 1. The molecule has 20 heavy (non-hydrogen) atoms. The Balaban J connectivity index is 2.40. The molecule has 2 aromatic carbocycles. The van der Waals surface area contributed by atoms with Gasteiger partial charge >= 0.3 is 0 Å². The average molecular weight is 293 g/mol. The van der Waals surface area contributed by atoms with E-state index < -0.39 is 0 Å². The summed E-state index contributed by atoms with van der Waals surface area (Å²) >= 11 is 6.06. The molecule has 0 amide bonds. The van der Waals surface area contributed by atoms with Crippen LogP contribution >= 0.6 is 11.6 Å². The van der Waals surface area contributed by atoms with Crippen LogP contribution in [0.5, 0.6) is 0 Å². The molecule has 4 heteroatoms. The summed E-state index contributed by atoms with van der Waals surface area (Å²) in [6.45, 7) is 1.95. The maximum atomic E-state index is 13.4. The molecule has 0 bridgehead atoms. The molecule has 0 aromatic heterocycles. The largest absolute Gasteiger partial charge is 0.344 e. The number of nitrogens with zero attached hydrogens (tertiary/aromatic N) is 1. The molecule has 0 aliphatic heterocycles. The summed E-state index contributed by atoms with van der Waals surface area (Å²) < 4.78 is 13.4. The first-order chi connectivity index (χ1) is 9.47. The zero-order valence-corrected chi connectivity index (χ0v) is 12.4. The van der Waals surface area contributed by atoms with Crippen LogP contribution in [0.25, 0.3) is 0 Å². The van der Waals surface area contributed by atoms with Crippen molar-refractivity contribution in [3.05, 3.63) is 58.9 Å². The van der Waals surface area contributed by atoms with Crippen LogP contribution in [0.1, 0.15) is 12.5 Å². The van der Waals surface area contributed by atoms with E-state index in [0.717, 1.165) is 23.4 Å². The molecule has 0 saturated carbocycles. The Hall–Kier alpha value is -1.58. The average Bonchev–Trinajstić information content (AvgIpc) is 2.37. The van der Waals surface area contributed by atoms with Crippen molar-refractivity contribution in [3.8, 4) is 0 Å². The van der Waals surface area contributed by atoms with Crippen LogP contribution in [0.2, 0.25) is 5.02 Å². The van der Waals surface area contributed by atoms with Crippen molar-refractivity contribution in [2.24, 2.45) is 5.73 Å². The molecule has 0 fully saturated rings. The third-order valence-electron chi connectivity index (χ3n) is 3.14. The third-order valence-corrected chi connectivity index (χ3v) is 3.38. The van der Waals surface area contributed by atoms with Gasteiger partial charge in [-0.2, -0.15) is 0 Å². The lowest BCUT2D eigenvalue weighted by Gasteiger charge is -2.23. The fourth-order valence-electron chi connectivity index (χ4n) is 2.22. The highest BCUT2D eigenvalue weighted by molar-refractivity contribution is 6.30. The number of hydrogen-bond donors (Lipinski definition) is 1. The number of rotatable bonds is 4. The molecule has 0 heterocycles. The summed E-state index contributed by atoms with van der Waals surface area (Å²) in [4.78, 5) is 1.94. The fourth-order valence-corrected chi connectivity index (χ4v) is 2.41. The van der Waals surface area contributed by atoms with Gasteiger partial charge in [-0.25, -0.2) is 4.39 Å². The van der Waals surface area contributed by atoms with Gasteiger partial charge in [0.25, 0.3) is 0 Å². The molecule has 106 valence electrons. The third kappa shape index (κ3) is 3.50. The van der Waals surface area contributed by atoms with Gasteiger partial charge < -0.3 is 10.6 Å². The minimum Gasteiger partial charge on any atom is -0.344 e. The van der Waals surface area contributed by atoms with E-state index in [1.807, 2.05) is 43.1 Å². The Morgan fingerprint density at radius 1 is 1.25 bits per heavy atom. The molecule has 2 nitrogen and oxygen atoms in total. The highest BCUT2D eigenvalue weighted by atomic mass is 35.5. The molecule has 0 aliphatic rings. The summed E-state index contributed by atoms with van der Waals surface area (Å²) in [5, 5.41) is 0.678. The fraction of sp³-hybridized carbons (Fsp3) is 0.250. The van der Waals surface area contributed by atoms with Crippen molar-refractivity contribution in [1.29, 1.82) is 0 Å². The van der Waals surface area contributed by atoms with E-state index in [-0.39, 0.29) is 11.9 Å². The van der Waals surface area contributed by atoms with E-state index >= 15 is 0 Å². The molecule has 0 saturated heterocycles. The number of anilines is 2. The van der Waals surface area contributed by atoms with Crippen molar-refractivity contribution in [2.75, 3.05) is 11.9 Å². The van der Waals surface area contributed by atoms with E-state index in [2.05, 4.69) is 0 Å². The maximum Gasteiger partial charge on any atom is 0.125 e. The standard InChI is InChI=1S/C16H18ClFN2/c1-11(19)8-12-9-13(17)6-7-16(12)20(2)15-5-3-4-14(18)10-15/h3-7,9-11H,8,19H2,1-2H3. The SMILES string of the molecule is CC(N)Cc1cc(Cl)ccc1N(C)c1cccc(F)c1. The predicted molar refractivity (Wildman–Crippen MR) is 83.3 cm³/mol. The van der Waals surface area contributed by atoms with Gasteiger partial charge in [0.05, 0.1) is 0 Å². The molecule has 1 atom stereocenters. The summed E-state index contributed by atoms with van der Waals surface area (Å²) in [5.41, 5.74) is 8.71. The van der Waals surface area contributed by atoms with Crippen molar-refractivity contribution >= 4 is 23.0 Å². The van der Waals surface area contributed by atoms with Gasteiger partial charge in [0.1, 0.15) is 5.82 Å². The van der Waals surface area contributed by atoms with Crippen LogP contribution < -0.4 is 10.6 Å². The molecule has 2 N–H and O–H groups in total. The van der Waals surface area contributed by atoms with E-state index in [1.54, 1.807) is 6.07 Å². The zero-order valence-electron chi connectivity index (χ0n) is 11.6. The molecule has 2 aromatic rings. The Morgan fingerprint density at radius 3 is 2.65 bits per heavy atom. The quantitative estimate of drug-likeness (QED) is 0.918. The van der Waals surface area contributed by atoms with Gasteiger partial charge in [0.15, 0.2) is 0 Å². The minimum absolute atomic E-state index is 0.0353. The minimum atomic E-state index is -0.253.